The zero-order valence-corrected chi connectivity index (χ0v) is 16.1. The third-order valence-electron chi connectivity index (χ3n) is 4.81. The minimum absolute atomic E-state index is 0.00203. The molecule has 0 aliphatic carbocycles. The molecule has 2 amide bonds. The lowest BCUT2D eigenvalue weighted by atomic mass is 10.0. The molecule has 0 spiro atoms. The molecule has 2 fully saturated rings. The van der Waals surface area contributed by atoms with E-state index in [-0.39, 0.29) is 11.8 Å². The molecule has 0 saturated carbocycles. The van der Waals surface area contributed by atoms with Crippen molar-refractivity contribution in [2.24, 2.45) is 0 Å². The third kappa shape index (κ3) is 5.65. The molecular formula is C16H30N4O4S. The van der Waals surface area contributed by atoms with E-state index in [9.17, 15) is 18.0 Å². The lowest BCUT2D eigenvalue weighted by molar-refractivity contribution is -0.136. The summed E-state index contributed by atoms with van der Waals surface area (Å²) in [7, 11) is -3.38. The van der Waals surface area contributed by atoms with Crippen LogP contribution >= 0.6 is 0 Å². The largest absolute Gasteiger partial charge is 0.355 e. The van der Waals surface area contributed by atoms with Gasteiger partial charge in [-0.15, -0.1) is 0 Å². The van der Waals surface area contributed by atoms with E-state index in [1.165, 1.54) is 10.6 Å². The van der Waals surface area contributed by atoms with E-state index in [1.807, 2.05) is 11.8 Å². The fourth-order valence-electron chi connectivity index (χ4n) is 3.57. The van der Waals surface area contributed by atoms with Crippen LogP contribution in [0.25, 0.3) is 0 Å². The summed E-state index contributed by atoms with van der Waals surface area (Å²) in [6.45, 7) is 5.81. The molecule has 25 heavy (non-hydrogen) atoms. The topological polar surface area (TPSA) is 90.0 Å². The molecule has 2 heterocycles. The summed E-state index contributed by atoms with van der Waals surface area (Å²) in [5.74, 6) is -0.0946. The number of carbonyl (C=O) groups is 2. The predicted molar refractivity (Wildman–Crippen MR) is 95.5 cm³/mol. The number of hydrogen-bond acceptors (Lipinski definition) is 5. The van der Waals surface area contributed by atoms with Crippen molar-refractivity contribution in [2.75, 3.05) is 52.1 Å². The predicted octanol–water partition coefficient (Wildman–Crippen LogP) is -0.529. The first-order valence-electron chi connectivity index (χ1n) is 9.07. The second kappa shape index (κ2) is 8.95. The normalized spacial score (nSPS) is 23.9. The van der Waals surface area contributed by atoms with Gasteiger partial charge < -0.3 is 10.2 Å². The fourth-order valence-corrected chi connectivity index (χ4v) is 4.68. The van der Waals surface area contributed by atoms with Gasteiger partial charge in [0.2, 0.25) is 21.8 Å². The molecule has 1 N–H and O–H groups in total. The zero-order chi connectivity index (χ0) is 18.4. The van der Waals surface area contributed by atoms with Crippen LogP contribution in [0.2, 0.25) is 0 Å². The molecule has 0 aromatic carbocycles. The van der Waals surface area contributed by atoms with Gasteiger partial charge in [-0.3, -0.25) is 14.5 Å². The molecule has 2 aliphatic rings. The molecule has 8 nitrogen and oxygen atoms in total. The first-order chi connectivity index (χ1) is 11.8. The maximum atomic E-state index is 12.9. The van der Waals surface area contributed by atoms with Gasteiger partial charge in [0.15, 0.2) is 0 Å². The van der Waals surface area contributed by atoms with Gasteiger partial charge in [-0.2, -0.15) is 4.31 Å². The monoisotopic (exact) mass is 374 g/mol. The zero-order valence-electron chi connectivity index (χ0n) is 15.2. The van der Waals surface area contributed by atoms with Crippen LogP contribution < -0.4 is 5.32 Å². The summed E-state index contributed by atoms with van der Waals surface area (Å²) >= 11 is 0. The molecule has 9 heteroatoms. The van der Waals surface area contributed by atoms with E-state index in [4.69, 9.17) is 0 Å². The van der Waals surface area contributed by atoms with Crippen LogP contribution in [-0.2, 0) is 19.6 Å². The standard InChI is InChI=1S/C16H30N4O4S/c1-3-17-15(21)13-18-8-6-9-19(12-11-18)16(22)14-7-4-5-10-20(14)25(2,23)24/h14H,3-13H2,1-2H3,(H,17,21). The molecule has 0 bridgehead atoms. The van der Waals surface area contributed by atoms with E-state index in [0.717, 1.165) is 25.8 Å². The number of hydrogen-bond donors (Lipinski definition) is 1. The van der Waals surface area contributed by atoms with Gasteiger partial charge in [-0.1, -0.05) is 6.42 Å². The van der Waals surface area contributed by atoms with Gasteiger partial charge in [-0.25, -0.2) is 8.42 Å². The van der Waals surface area contributed by atoms with Crippen molar-refractivity contribution in [1.29, 1.82) is 0 Å². The highest BCUT2D eigenvalue weighted by atomic mass is 32.2. The Hall–Kier alpha value is -1.19. The minimum atomic E-state index is -3.38. The highest BCUT2D eigenvalue weighted by Gasteiger charge is 2.37. The maximum Gasteiger partial charge on any atom is 0.241 e. The molecule has 2 saturated heterocycles. The second-order valence-corrected chi connectivity index (χ2v) is 8.73. The summed E-state index contributed by atoms with van der Waals surface area (Å²) in [4.78, 5) is 28.5. The van der Waals surface area contributed by atoms with Crippen LogP contribution in [0.1, 0.15) is 32.6 Å². The van der Waals surface area contributed by atoms with Crippen LogP contribution in [0.15, 0.2) is 0 Å². The van der Waals surface area contributed by atoms with Crippen LogP contribution in [-0.4, -0.2) is 92.4 Å². The average molecular weight is 375 g/mol. The number of nitrogens with one attached hydrogen (secondary N) is 1. The molecule has 0 aromatic rings. The number of piperidine rings is 1. The van der Waals surface area contributed by atoms with Crippen molar-refractivity contribution in [3.63, 3.8) is 0 Å². The Morgan fingerprint density at radius 2 is 1.80 bits per heavy atom. The molecule has 1 unspecified atom stereocenters. The van der Waals surface area contributed by atoms with Gasteiger partial charge in [0, 0.05) is 39.3 Å². The highest BCUT2D eigenvalue weighted by molar-refractivity contribution is 7.88. The molecule has 2 aliphatic heterocycles. The molecule has 0 radical (unpaired) electrons. The summed E-state index contributed by atoms with van der Waals surface area (Å²) in [6, 6.07) is -0.571. The first kappa shape index (κ1) is 20.1. The van der Waals surface area contributed by atoms with Gasteiger partial charge in [0.25, 0.3) is 0 Å². The van der Waals surface area contributed by atoms with Gasteiger partial charge >= 0.3 is 0 Å². The first-order valence-corrected chi connectivity index (χ1v) is 10.9. The fraction of sp³-hybridized carbons (Fsp3) is 0.875. The van der Waals surface area contributed by atoms with Gasteiger partial charge in [-0.05, 0) is 26.2 Å². The summed E-state index contributed by atoms with van der Waals surface area (Å²) in [6.07, 6.45) is 4.23. The Morgan fingerprint density at radius 1 is 1.04 bits per heavy atom. The highest BCUT2D eigenvalue weighted by Crippen LogP contribution is 2.22. The Morgan fingerprint density at radius 3 is 2.48 bits per heavy atom. The molecular weight excluding hydrogens is 344 g/mol. The Balaban J connectivity index is 1.96. The number of nitrogens with zero attached hydrogens (tertiary/aromatic N) is 3. The van der Waals surface area contributed by atoms with Crippen LogP contribution in [0, 0.1) is 0 Å². The number of sulfonamides is 1. The van der Waals surface area contributed by atoms with Crippen molar-refractivity contribution in [3.8, 4) is 0 Å². The third-order valence-corrected chi connectivity index (χ3v) is 6.10. The molecule has 2 rings (SSSR count). The van der Waals surface area contributed by atoms with Gasteiger partial charge in [0.1, 0.15) is 6.04 Å². The van der Waals surface area contributed by atoms with Crippen molar-refractivity contribution >= 4 is 21.8 Å². The van der Waals surface area contributed by atoms with Crippen molar-refractivity contribution in [2.45, 2.75) is 38.6 Å². The van der Waals surface area contributed by atoms with Crippen molar-refractivity contribution < 1.29 is 18.0 Å². The van der Waals surface area contributed by atoms with Crippen LogP contribution in [0.4, 0.5) is 0 Å². The van der Waals surface area contributed by atoms with E-state index in [0.29, 0.717) is 45.7 Å². The SMILES string of the molecule is CCNC(=O)CN1CCCN(C(=O)C2CCCCN2S(C)(=O)=O)CC1. The molecule has 1 atom stereocenters. The van der Waals surface area contributed by atoms with E-state index >= 15 is 0 Å². The minimum Gasteiger partial charge on any atom is -0.355 e. The second-order valence-electron chi connectivity index (χ2n) is 6.79. The smallest absolute Gasteiger partial charge is 0.241 e. The van der Waals surface area contributed by atoms with E-state index in [1.54, 1.807) is 4.90 Å². The quantitative estimate of drug-likeness (QED) is 0.699. The summed E-state index contributed by atoms with van der Waals surface area (Å²) < 4.78 is 25.3. The number of likely N-dealkylation sites (N-methyl/N-ethyl adjacent to an activating group) is 1. The number of carbonyl (C=O) groups excluding carboxylic acids is 2. The summed E-state index contributed by atoms with van der Waals surface area (Å²) in [5, 5.41) is 2.79. The van der Waals surface area contributed by atoms with Gasteiger partial charge in [0.05, 0.1) is 12.8 Å². The lowest BCUT2D eigenvalue weighted by Gasteiger charge is -2.35. The van der Waals surface area contributed by atoms with E-state index in [2.05, 4.69) is 5.32 Å². The van der Waals surface area contributed by atoms with Crippen molar-refractivity contribution in [3.05, 3.63) is 0 Å². The van der Waals surface area contributed by atoms with Crippen LogP contribution in [0.3, 0.4) is 0 Å². The molecule has 144 valence electrons. The van der Waals surface area contributed by atoms with Crippen molar-refractivity contribution in [1.82, 2.24) is 19.4 Å². The lowest BCUT2D eigenvalue weighted by Crippen LogP contribution is -2.53. The Bertz CT molecular complexity index is 581. The number of amides is 2. The number of rotatable bonds is 5. The van der Waals surface area contributed by atoms with E-state index < -0.39 is 16.1 Å². The Kier molecular flexibility index (Phi) is 7.21. The molecule has 0 aromatic heterocycles. The maximum absolute atomic E-state index is 12.9. The Labute approximate surface area is 150 Å². The average Bonchev–Trinajstić information content (AvgIpc) is 2.79. The summed E-state index contributed by atoms with van der Waals surface area (Å²) in [5.41, 5.74) is 0. The van der Waals surface area contributed by atoms with Crippen LogP contribution in [0.5, 0.6) is 0 Å².